The summed E-state index contributed by atoms with van der Waals surface area (Å²) in [4.78, 5) is 15.9. The van der Waals surface area contributed by atoms with E-state index in [9.17, 15) is 10.0 Å². The molecule has 1 unspecified atom stereocenters. The van der Waals surface area contributed by atoms with Crippen molar-refractivity contribution in [2.24, 2.45) is 0 Å². The summed E-state index contributed by atoms with van der Waals surface area (Å²) in [5.41, 5.74) is 2.35. The van der Waals surface area contributed by atoms with Gasteiger partial charge in [-0.25, -0.2) is 9.86 Å². The van der Waals surface area contributed by atoms with Gasteiger partial charge in [0.25, 0.3) is 0 Å². The third-order valence-corrected chi connectivity index (χ3v) is 3.80. The second kappa shape index (κ2) is 9.03. The fourth-order valence-electron chi connectivity index (χ4n) is 2.66. The number of aromatic nitrogens is 1. The number of urea groups is 1. The lowest BCUT2D eigenvalue weighted by molar-refractivity contribution is -0.0448. The summed E-state index contributed by atoms with van der Waals surface area (Å²) < 4.78 is 0. The quantitative estimate of drug-likeness (QED) is 0.600. The summed E-state index contributed by atoms with van der Waals surface area (Å²) in [6, 6.07) is 13.8. The van der Waals surface area contributed by atoms with Crippen LogP contribution in [0.4, 0.5) is 4.79 Å². The lowest BCUT2D eigenvalue weighted by atomic mass is 9.88. The number of nitrogens with one attached hydrogen (secondary N) is 1. The first kappa shape index (κ1) is 17.9. The second-order valence-electron chi connectivity index (χ2n) is 6.12. The van der Waals surface area contributed by atoms with Crippen LogP contribution in [0.5, 0.6) is 0 Å². The molecule has 1 aromatic heterocycles. The predicted molar refractivity (Wildman–Crippen MR) is 93.9 cm³/mol. The smallest absolute Gasteiger partial charge is 0.334 e. The van der Waals surface area contributed by atoms with Crippen LogP contribution in [0.1, 0.15) is 43.7 Å². The second-order valence-corrected chi connectivity index (χ2v) is 6.12. The van der Waals surface area contributed by atoms with Gasteiger partial charge in [0.1, 0.15) is 0 Å². The summed E-state index contributed by atoms with van der Waals surface area (Å²) in [7, 11) is 0. The molecule has 0 saturated carbocycles. The highest BCUT2D eigenvalue weighted by Gasteiger charge is 2.16. The minimum absolute atomic E-state index is 0.000361. The fourth-order valence-corrected chi connectivity index (χ4v) is 2.66. The molecule has 2 rings (SSSR count). The Morgan fingerprint density at radius 2 is 1.88 bits per heavy atom. The molecule has 2 amide bonds. The lowest BCUT2D eigenvalue weighted by Crippen LogP contribution is -2.41. The van der Waals surface area contributed by atoms with Crippen LogP contribution in [0, 0.1) is 0 Å². The number of amides is 2. The van der Waals surface area contributed by atoms with Crippen molar-refractivity contribution in [2.45, 2.75) is 38.6 Å². The van der Waals surface area contributed by atoms with E-state index in [0.29, 0.717) is 13.0 Å². The largest absolute Gasteiger partial charge is 0.341 e. The molecule has 0 aliphatic carbocycles. The summed E-state index contributed by atoms with van der Waals surface area (Å²) in [6.07, 6.45) is 5.15. The topological polar surface area (TPSA) is 65.5 Å². The van der Waals surface area contributed by atoms with E-state index in [0.717, 1.165) is 17.0 Å². The van der Waals surface area contributed by atoms with Crippen LogP contribution in [-0.4, -0.2) is 33.9 Å². The van der Waals surface area contributed by atoms with Crippen molar-refractivity contribution < 1.29 is 10.0 Å². The molecular weight excluding hydrogens is 302 g/mol. The summed E-state index contributed by atoms with van der Waals surface area (Å²) in [5.74, 6) is 0.196. The van der Waals surface area contributed by atoms with Crippen molar-refractivity contribution in [3.8, 4) is 0 Å². The number of carbonyl (C=O) groups is 1. The predicted octanol–water partition coefficient (Wildman–Crippen LogP) is 3.80. The van der Waals surface area contributed by atoms with Crippen molar-refractivity contribution >= 4 is 6.03 Å². The third kappa shape index (κ3) is 5.35. The molecule has 0 fully saturated rings. The molecule has 5 nitrogen and oxygen atoms in total. The van der Waals surface area contributed by atoms with Gasteiger partial charge in [0, 0.05) is 24.4 Å². The minimum atomic E-state index is -0.456. The van der Waals surface area contributed by atoms with E-state index in [-0.39, 0.29) is 12.0 Å². The lowest BCUT2D eigenvalue weighted by Gasteiger charge is -2.21. The van der Waals surface area contributed by atoms with Gasteiger partial charge in [-0.15, -0.1) is 0 Å². The molecule has 0 aliphatic heterocycles. The van der Waals surface area contributed by atoms with Crippen molar-refractivity contribution in [2.75, 3.05) is 6.54 Å². The number of pyridine rings is 1. The van der Waals surface area contributed by atoms with E-state index >= 15 is 0 Å². The van der Waals surface area contributed by atoms with E-state index in [1.54, 1.807) is 6.20 Å². The maximum absolute atomic E-state index is 11.7. The number of carbonyl (C=O) groups excluding carboxylic acids is 1. The highest BCUT2D eigenvalue weighted by molar-refractivity contribution is 5.73. The first-order chi connectivity index (χ1) is 11.6. The van der Waals surface area contributed by atoms with Gasteiger partial charge >= 0.3 is 6.03 Å². The van der Waals surface area contributed by atoms with Crippen LogP contribution in [0.2, 0.25) is 0 Å². The standard InChI is InChI=1S/C19H25N3O2/c1-15(2)21-19(23)22(24)13-7-11-18(16-8-4-3-5-9-16)17-10-6-12-20-14-17/h3-6,8-10,12,14-15,18,24H,7,11,13H2,1-2H3,(H,21,23). The minimum Gasteiger partial charge on any atom is -0.334 e. The van der Waals surface area contributed by atoms with Gasteiger partial charge in [-0.05, 0) is 43.9 Å². The van der Waals surface area contributed by atoms with Crippen molar-refractivity contribution in [1.29, 1.82) is 0 Å². The van der Waals surface area contributed by atoms with Crippen LogP contribution in [0.25, 0.3) is 0 Å². The summed E-state index contributed by atoms with van der Waals surface area (Å²) in [5, 5.41) is 13.3. The third-order valence-electron chi connectivity index (χ3n) is 3.80. The molecule has 0 saturated heterocycles. The Balaban J connectivity index is 1.99. The molecule has 0 aliphatic rings. The van der Waals surface area contributed by atoms with Crippen molar-refractivity contribution in [3.63, 3.8) is 0 Å². The van der Waals surface area contributed by atoms with Crippen molar-refractivity contribution in [1.82, 2.24) is 15.4 Å². The van der Waals surface area contributed by atoms with Crippen LogP contribution >= 0.6 is 0 Å². The number of rotatable bonds is 7. The number of hydroxylamine groups is 2. The Bertz CT molecular complexity index is 578. The average molecular weight is 327 g/mol. The summed E-state index contributed by atoms with van der Waals surface area (Å²) >= 11 is 0. The molecule has 0 bridgehead atoms. The molecule has 1 aromatic carbocycles. The van der Waals surface area contributed by atoms with Gasteiger partial charge in [-0.2, -0.15) is 0 Å². The number of nitrogens with zero attached hydrogens (tertiary/aromatic N) is 2. The molecule has 0 radical (unpaired) electrons. The normalized spacial score (nSPS) is 12.0. The van der Waals surface area contributed by atoms with E-state index in [1.165, 1.54) is 5.56 Å². The fraction of sp³-hybridized carbons (Fsp3) is 0.368. The Hall–Kier alpha value is -2.40. The van der Waals surface area contributed by atoms with Crippen LogP contribution < -0.4 is 5.32 Å². The zero-order valence-electron chi connectivity index (χ0n) is 14.2. The van der Waals surface area contributed by atoms with Gasteiger partial charge in [0.05, 0.1) is 6.54 Å². The molecule has 128 valence electrons. The first-order valence-electron chi connectivity index (χ1n) is 8.29. The van der Waals surface area contributed by atoms with Crippen LogP contribution in [0.3, 0.4) is 0 Å². The molecule has 0 spiro atoms. The monoisotopic (exact) mass is 327 g/mol. The molecular formula is C19H25N3O2. The summed E-state index contributed by atoms with van der Waals surface area (Å²) in [6.45, 7) is 4.02. The van der Waals surface area contributed by atoms with Gasteiger partial charge in [-0.1, -0.05) is 36.4 Å². The van der Waals surface area contributed by atoms with Gasteiger partial charge in [-0.3, -0.25) is 10.2 Å². The highest BCUT2D eigenvalue weighted by Crippen LogP contribution is 2.28. The Morgan fingerprint density at radius 3 is 2.50 bits per heavy atom. The molecule has 2 aromatic rings. The number of hydrogen-bond donors (Lipinski definition) is 2. The molecule has 1 atom stereocenters. The van der Waals surface area contributed by atoms with Crippen LogP contribution in [0.15, 0.2) is 54.9 Å². The molecule has 5 heteroatoms. The van der Waals surface area contributed by atoms with Gasteiger partial charge < -0.3 is 5.32 Å². The molecule has 24 heavy (non-hydrogen) atoms. The maximum Gasteiger partial charge on any atom is 0.341 e. The van der Waals surface area contributed by atoms with E-state index < -0.39 is 6.03 Å². The van der Waals surface area contributed by atoms with Crippen molar-refractivity contribution in [3.05, 3.63) is 66.0 Å². The van der Waals surface area contributed by atoms with Crippen LogP contribution in [-0.2, 0) is 0 Å². The average Bonchev–Trinajstić information content (AvgIpc) is 2.59. The molecule has 2 N–H and O–H groups in total. The maximum atomic E-state index is 11.7. The first-order valence-corrected chi connectivity index (χ1v) is 8.29. The number of benzene rings is 1. The van der Waals surface area contributed by atoms with E-state index in [4.69, 9.17) is 0 Å². The van der Waals surface area contributed by atoms with Gasteiger partial charge in [0.15, 0.2) is 0 Å². The zero-order valence-corrected chi connectivity index (χ0v) is 14.2. The number of hydrogen-bond acceptors (Lipinski definition) is 3. The van der Waals surface area contributed by atoms with E-state index in [1.807, 2.05) is 44.3 Å². The Morgan fingerprint density at radius 1 is 1.17 bits per heavy atom. The van der Waals surface area contributed by atoms with Gasteiger partial charge in [0.2, 0.25) is 0 Å². The SMILES string of the molecule is CC(C)NC(=O)N(O)CCCC(c1ccccc1)c1cccnc1. The highest BCUT2D eigenvalue weighted by atomic mass is 16.5. The zero-order chi connectivity index (χ0) is 17.4. The Kier molecular flexibility index (Phi) is 6.75. The van der Waals surface area contributed by atoms with E-state index in [2.05, 4.69) is 28.5 Å². The molecule has 1 heterocycles. The Labute approximate surface area is 143 Å².